The van der Waals surface area contributed by atoms with Crippen LogP contribution in [0.3, 0.4) is 0 Å². The smallest absolute Gasteiger partial charge is 0.0934 e. The van der Waals surface area contributed by atoms with Gasteiger partial charge in [-0.15, -0.1) is 11.3 Å². The highest BCUT2D eigenvalue weighted by molar-refractivity contribution is 7.09. The van der Waals surface area contributed by atoms with Gasteiger partial charge in [-0.1, -0.05) is 40.5 Å². The van der Waals surface area contributed by atoms with Crippen LogP contribution in [0.2, 0.25) is 0 Å². The van der Waals surface area contributed by atoms with Crippen LogP contribution in [0.4, 0.5) is 0 Å². The van der Waals surface area contributed by atoms with Gasteiger partial charge in [0.2, 0.25) is 0 Å². The van der Waals surface area contributed by atoms with E-state index in [2.05, 4.69) is 38.4 Å². The summed E-state index contributed by atoms with van der Waals surface area (Å²) in [5, 5.41) is 7.26. The highest BCUT2D eigenvalue weighted by Crippen LogP contribution is 2.41. The molecule has 114 valence electrons. The summed E-state index contributed by atoms with van der Waals surface area (Å²) in [6, 6.07) is 0. The Labute approximate surface area is 128 Å². The largest absolute Gasteiger partial charge is 0.316 e. The van der Waals surface area contributed by atoms with Gasteiger partial charge in [-0.3, -0.25) is 0 Å². The van der Waals surface area contributed by atoms with Crippen molar-refractivity contribution in [1.82, 2.24) is 10.3 Å². The fourth-order valence-corrected chi connectivity index (χ4v) is 4.32. The second-order valence-corrected chi connectivity index (χ2v) is 8.38. The lowest BCUT2D eigenvalue weighted by Crippen LogP contribution is -2.34. The van der Waals surface area contributed by atoms with E-state index >= 15 is 0 Å². The zero-order valence-electron chi connectivity index (χ0n) is 13.6. The summed E-state index contributed by atoms with van der Waals surface area (Å²) in [6.07, 6.45) is 7.92. The maximum absolute atomic E-state index is 4.91. The molecule has 0 unspecified atom stereocenters. The minimum absolute atomic E-state index is 0.179. The molecule has 1 saturated carbocycles. The van der Waals surface area contributed by atoms with Crippen LogP contribution in [-0.4, -0.2) is 18.1 Å². The standard InChI is InChI=1S/C17H30N2S/c1-5-10-18-13-17(8-6-7-9-17)11-15-19-14(12-20-15)16(2,3)4/h12,18H,5-11,13H2,1-4H3. The lowest BCUT2D eigenvalue weighted by atomic mass is 9.82. The molecule has 0 radical (unpaired) electrons. The average Bonchev–Trinajstić information content (AvgIpc) is 2.99. The van der Waals surface area contributed by atoms with Crippen LogP contribution in [0, 0.1) is 5.41 Å². The van der Waals surface area contributed by atoms with Crippen LogP contribution >= 0.6 is 11.3 Å². The highest BCUT2D eigenvalue weighted by atomic mass is 32.1. The summed E-state index contributed by atoms with van der Waals surface area (Å²) in [6.45, 7) is 11.3. The zero-order chi connectivity index (χ0) is 14.6. The third-order valence-corrected chi connectivity index (χ3v) is 5.29. The van der Waals surface area contributed by atoms with E-state index in [0.29, 0.717) is 5.41 Å². The molecular formula is C17H30N2S. The molecule has 2 nitrogen and oxygen atoms in total. The van der Waals surface area contributed by atoms with Gasteiger partial charge in [0.1, 0.15) is 0 Å². The number of nitrogens with one attached hydrogen (secondary N) is 1. The van der Waals surface area contributed by atoms with Crippen molar-refractivity contribution in [1.29, 1.82) is 0 Å². The monoisotopic (exact) mass is 294 g/mol. The molecule has 0 bridgehead atoms. The summed E-state index contributed by atoms with van der Waals surface area (Å²) >= 11 is 1.86. The van der Waals surface area contributed by atoms with Crippen molar-refractivity contribution in [2.45, 2.75) is 71.6 Å². The Balaban J connectivity index is 2.02. The van der Waals surface area contributed by atoms with Crippen LogP contribution in [0.25, 0.3) is 0 Å². The number of thiazole rings is 1. The van der Waals surface area contributed by atoms with E-state index in [1.54, 1.807) is 0 Å². The van der Waals surface area contributed by atoms with Gasteiger partial charge in [-0.05, 0) is 31.2 Å². The molecule has 1 N–H and O–H groups in total. The number of hydrogen-bond donors (Lipinski definition) is 1. The Bertz CT molecular complexity index is 411. The Hall–Kier alpha value is -0.410. The third-order valence-electron chi connectivity index (χ3n) is 4.44. The van der Waals surface area contributed by atoms with E-state index in [0.717, 1.165) is 6.54 Å². The maximum Gasteiger partial charge on any atom is 0.0934 e. The van der Waals surface area contributed by atoms with Gasteiger partial charge in [0.15, 0.2) is 0 Å². The summed E-state index contributed by atoms with van der Waals surface area (Å²) in [5.74, 6) is 0. The minimum atomic E-state index is 0.179. The molecule has 1 aromatic heterocycles. The Kier molecular flexibility index (Phi) is 5.25. The quantitative estimate of drug-likeness (QED) is 0.779. The Morgan fingerprint density at radius 1 is 1.30 bits per heavy atom. The van der Waals surface area contributed by atoms with E-state index in [9.17, 15) is 0 Å². The van der Waals surface area contributed by atoms with Gasteiger partial charge >= 0.3 is 0 Å². The van der Waals surface area contributed by atoms with Gasteiger partial charge in [-0.2, -0.15) is 0 Å². The maximum atomic E-state index is 4.91. The number of rotatable bonds is 6. The Morgan fingerprint density at radius 3 is 2.55 bits per heavy atom. The minimum Gasteiger partial charge on any atom is -0.316 e. The lowest BCUT2D eigenvalue weighted by molar-refractivity contribution is 0.277. The first-order chi connectivity index (χ1) is 9.45. The first-order valence-corrected chi connectivity index (χ1v) is 8.99. The second-order valence-electron chi connectivity index (χ2n) is 7.44. The molecule has 3 heteroatoms. The molecule has 0 aromatic carbocycles. The average molecular weight is 295 g/mol. The van der Waals surface area contributed by atoms with Gasteiger partial charge in [0.05, 0.1) is 10.7 Å². The van der Waals surface area contributed by atoms with Crippen molar-refractivity contribution in [2.24, 2.45) is 5.41 Å². The number of aromatic nitrogens is 1. The first kappa shape index (κ1) is 16.0. The van der Waals surface area contributed by atoms with Crippen molar-refractivity contribution in [3.63, 3.8) is 0 Å². The third kappa shape index (κ3) is 4.05. The molecule has 1 heterocycles. The molecule has 1 aliphatic carbocycles. The van der Waals surface area contributed by atoms with Crippen molar-refractivity contribution in [3.05, 3.63) is 16.1 Å². The van der Waals surface area contributed by atoms with Crippen molar-refractivity contribution in [3.8, 4) is 0 Å². The van der Waals surface area contributed by atoms with E-state index < -0.39 is 0 Å². The molecule has 0 atom stereocenters. The number of hydrogen-bond acceptors (Lipinski definition) is 3. The van der Waals surface area contributed by atoms with Crippen molar-refractivity contribution in [2.75, 3.05) is 13.1 Å². The predicted octanol–water partition coefficient (Wildman–Crippen LogP) is 4.54. The molecule has 0 spiro atoms. The molecule has 1 aliphatic rings. The van der Waals surface area contributed by atoms with E-state index in [-0.39, 0.29) is 5.41 Å². The molecule has 1 fully saturated rings. The van der Waals surface area contributed by atoms with E-state index in [4.69, 9.17) is 4.98 Å². The topological polar surface area (TPSA) is 24.9 Å². The number of nitrogens with zero attached hydrogens (tertiary/aromatic N) is 1. The molecule has 2 rings (SSSR count). The summed E-state index contributed by atoms with van der Waals surface area (Å²) < 4.78 is 0. The SMILES string of the molecule is CCCNCC1(Cc2nc(C(C)(C)C)cs2)CCCC1. The van der Waals surface area contributed by atoms with E-state index in [1.807, 2.05) is 11.3 Å². The lowest BCUT2D eigenvalue weighted by Gasteiger charge is -2.28. The van der Waals surface area contributed by atoms with Gasteiger partial charge in [0, 0.05) is 23.8 Å². The molecule has 0 amide bonds. The highest BCUT2D eigenvalue weighted by Gasteiger charge is 2.34. The molecule has 0 saturated heterocycles. The fraction of sp³-hybridized carbons (Fsp3) is 0.824. The predicted molar refractivity (Wildman–Crippen MR) is 88.6 cm³/mol. The van der Waals surface area contributed by atoms with Crippen molar-refractivity contribution >= 4 is 11.3 Å². The van der Waals surface area contributed by atoms with Crippen LogP contribution < -0.4 is 5.32 Å². The van der Waals surface area contributed by atoms with Gasteiger partial charge < -0.3 is 5.32 Å². The van der Waals surface area contributed by atoms with Crippen LogP contribution in [-0.2, 0) is 11.8 Å². The fourth-order valence-electron chi connectivity index (χ4n) is 3.13. The Morgan fingerprint density at radius 2 is 2.00 bits per heavy atom. The van der Waals surface area contributed by atoms with E-state index in [1.165, 1.54) is 55.8 Å². The molecule has 0 aliphatic heterocycles. The van der Waals surface area contributed by atoms with Crippen LogP contribution in [0.15, 0.2) is 5.38 Å². The summed E-state index contributed by atoms with van der Waals surface area (Å²) in [4.78, 5) is 4.91. The summed E-state index contributed by atoms with van der Waals surface area (Å²) in [5.41, 5.74) is 1.91. The second kappa shape index (κ2) is 6.57. The summed E-state index contributed by atoms with van der Waals surface area (Å²) in [7, 11) is 0. The van der Waals surface area contributed by atoms with Crippen LogP contribution in [0.5, 0.6) is 0 Å². The normalized spacial score (nSPS) is 18.6. The molecule has 20 heavy (non-hydrogen) atoms. The molecule has 1 aromatic rings. The molecular weight excluding hydrogens is 264 g/mol. The zero-order valence-corrected chi connectivity index (χ0v) is 14.4. The van der Waals surface area contributed by atoms with Crippen LogP contribution in [0.1, 0.15) is 70.5 Å². The first-order valence-electron chi connectivity index (χ1n) is 8.11. The van der Waals surface area contributed by atoms with Gasteiger partial charge in [0.25, 0.3) is 0 Å². The van der Waals surface area contributed by atoms with Crippen molar-refractivity contribution < 1.29 is 0 Å². The van der Waals surface area contributed by atoms with Gasteiger partial charge in [-0.25, -0.2) is 4.98 Å².